The molecule has 0 bridgehead atoms. The number of benzene rings is 3. The molecule has 3 aromatic rings. The first kappa shape index (κ1) is 24.8. The summed E-state index contributed by atoms with van der Waals surface area (Å²) in [5.41, 5.74) is 4.53. The monoisotopic (exact) mass is 529 g/mol. The van der Waals surface area contributed by atoms with Crippen molar-refractivity contribution in [1.82, 2.24) is 5.43 Å². The van der Waals surface area contributed by atoms with Gasteiger partial charge in [-0.3, -0.25) is 14.9 Å². The maximum absolute atomic E-state index is 13.0. The third-order valence-corrected chi connectivity index (χ3v) is 5.13. The minimum Gasteiger partial charge on any atom is -0.490 e. The van der Waals surface area contributed by atoms with Crippen LogP contribution < -0.4 is 14.9 Å². The van der Waals surface area contributed by atoms with Gasteiger partial charge in [0.25, 0.3) is 5.69 Å². The van der Waals surface area contributed by atoms with Gasteiger partial charge in [-0.15, -0.1) is 0 Å². The lowest BCUT2D eigenvalue weighted by atomic mass is 10.1. The molecule has 34 heavy (non-hydrogen) atoms. The van der Waals surface area contributed by atoms with E-state index in [0.717, 1.165) is 5.56 Å². The van der Waals surface area contributed by atoms with Gasteiger partial charge < -0.3 is 9.47 Å². The SMILES string of the molecule is CCOc1cc(/C=N/NC(=O)Cc2ccc(F)cc2)cc(Br)c1OCc1ccc([N+](=O)[O-])cc1. The maximum atomic E-state index is 13.0. The Kier molecular flexibility index (Phi) is 8.69. The minimum atomic E-state index is -0.458. The molecule has 0 atom stereocenters. The van der Waals surface area contributed by atoms with Gasteiger partial charge in [0.15, 0.2) is 11.5 Å². The van der Waals surface area contributed by atoms with E-state index in [1.807, 2.05) is 6.92 Å². The van der Waals surface area contributed by atoms with E-state index in [1.54, 1.807) is 36.4 Å². The number of nitro groups is 1. The molecule has 0 saturated heterocycles. The smallest absolute Gasteiger partial charge is 0.269 e. The summed E-state index contributed by atoms with van der Waals surface area (Å²) in [6.45, 7) is 2.42. The Morgan fingerprint density at radius 2 is 1.79 bits per heavy atom. The van der Waals surface area contributed by atoms with Crippen LogP contribution in [0, 0.1) is 15.9 Å². The van der Waals surface area contributed by atoms with Crippen molar-refractivity contribution in [2.24, 2.45) is 5.10 Å². The maximum Gasteiger partial charge on any atom is 0.269 e. The van der Waals surface area contributed by atoms with Crippen LogP contribution in [0.5, 0.6) is 11.5 Å². The van der Waals surface area contributed by atoms with Crippen molar-refractivity contribution in [3.63, 3.8) is 0 Å². The van der Waals surface area contributed by atoms with Gasteiger partial charge in [0.2, 0.25) is 5.91 Å². The lowest BCUT2D eigenvalue weighted by Gasteiger charge is -2.14. The summed E-state index contributed by atoms with van der Waals surface area (Å²) in [4.78, 5) is 22.4. The molecule has 0 fully saturated rings. The fraction of sp³-hybridized carbons (Fsp3) is 0.167. The topological polar surface area (TPSA) is 103 Å². The lowest BCUT2D eigenvalue weighted by Crippen LogP contribution is -2.19. The van der Waals surface area contributed by atoms with Gasteiger partial charge in [-0.25, -0.2) is 9.82 Å². The summed E-state index contributed by atoms with van der Waals surface area (Å²) in [7, 11) is 0. The van der Waals surface area contributed by atoms with Crippen LogP contribution >= 0.6 is 15.9 Å². The molecule has 1 amide bonds. The lowest BCUT2D eigenvalue weighted by molar-refractivity contribution is -0.384. The first-order chi connectivity index (χ1) is 16.4. The fourth-order valence-corrected chi connectivity index (χ4v) is 3.52. The van der Waals surface area contributed by atoms with E-state index >= 15 is 0 Å². The van der Waals surface area contributed by atoms with Crippen LogP contribution in [0.1, 0.15) is 23.6 Å². The van der Waals surface area contributed by atoms with E-state index in [0.29, 0.717) is 33.7 Å². The van der Waals surface area contributed by atoms with Crippen molar-refractivity contribution in [1.29, 1.82) is 0 Å². The van der Waals surface area contributed by atoms with Crippen molar-refractivity contribution in [3.8, 4) is 11.5 Å². The summed E-state index contributed by atoms with van der Waals surface area (Å²) in [6.07, 6.45) is 1.54. The van der Waals surface area contributed by atoms with Gasteiger partial charge >= 0.3 is 0 Å². The number of ether oxygens (including phenoxy) is 2. The number of amides is 1. The minimum absolute atomic E-state index is 0.00772. The van der Waals surface area contributed by atoms with Gasteiger partial charge in [-0.1, -0.05) is 12.1 Å². The normalized spacial score (nSPS) is 10.8. The highest BCUT2D eigenvalue weighted by atomic mass is 79.9. The zero-order valence-electron chi connectivity index (χ0n) is 18.2. The third-order valence-electron chi connectivity index (χ3n) is 4.54. The number of nitrogens with zero attached hydrogens (tertiary/aromatic N) is 2. The Bertz CT molecular complexity index is 1180. The average molecular weight is 530 g/mol. The van der Waals surface area contributed by atoms with E-state index in [4.69, 9.17) is 9.47 Å². The second-order valence-corrected chi connectivity index (χ2v) is 7.93. The number of hydrogen-bond donors (Lipinski definition) is 1. The second-order valence-electron chi connectivity index (χ2n) is 7.07. The van der Waals surface area contributed by atoms with Crippen molar-refractivity contribution in [2.45, 2.75) is 20.0 Å². The molecule has 0 aliphatic carbocycles. The molecular formula is C24H21BrFN3O5. The highest BCUT2D eigenvalue weighted by Gasteiger charge is 2.13. The van der Waals surface area contributed by atoms with Crippen molar-refractivity contribution >= 4 is 33.7 Å². The Balaban J connectivity index is 1.65. The van der Waals surface area contributed by atoms with E-state index in [2.05, 4.69) is 26.5 Å². The predicted octanol–water partition coefficient (Wildman–Crippen LogP) is 5.17. The van der Waals surface area contributed by atoms with Gasteiger partial charge in [-0.2, -0.15) is 5.10 Å². The molecule has 0 aliphatic heterocycles. The molecular weight excluding hydrogens is 509 g/mol. The zero-order valence-corrected chi connectivity index (χ0v) is 19.7. The molecule has 3 aromatic carbocycles. The molecule has 0 radical (unpaired) electrons. The predicted molar refractivity (Wildman–Crippen MR) is 129 cm³/mol. The summed E-state index contributed by atoms with van der Waals surface area (Å²) < 4.78 is 25.2. The van der Waals surface area contributed by atoms with Gasteiger partial charge in [-0.05, 0) is 75.9 Å². The van der Waals surface area contributed by atoms with Crippen molar-refractivity contribution in [2.75, 3.05) is 6.61 Å². The van der Waals surface area contributed by atoms with Crippen LogP contribution in [-0.2, 0) is 17.8 Å². The second kappa shape index (κ2) is 11.9. The molecule has 10 heteroatoms. The van der Waals surface area contributed by atoms with Gasteiger partial charge in [0, 0.05) is 12.1 Å². The number of nitrogens with one attached hydrogen (secondary N) is 1. The molecule has 0 unspecified atom stereocenters. The number of carbonyl (C=O) groups is 1. The molecule has 8 nitrogen and oxygen atoms in total. The molecule has 0 heterocycles. The molecule has 3 rings (SSSR count). The largest absolute Gasteiger partial charge is 0.490 e. The van der Waals surface area contributed by atoms with Gasteiger partial charge in [0.1, 0.15) is 12.4 Å². The van der Waals surface area contributed by atoms with E-state index in [-0.39, 0.29) is 30.4 Å². The number of halogens is 2. The van der Waals surface area contributed by atoms with Crippen LogP contribution in [0.15, 0.2) is 70.2 Å². The number of carbonyl (C=O) groups excluding carboxylic acids is 1. The van der Waals surface area contributed by atoms with Crippen molar-refractivity contribution < 1.29 is 23.6 Å². The number of hydrogen-bond acceptors (Lipinski definition) is 6. The Morgan fingerprint density at radius 3 is 2.44 bits per heavy atom. The van der Waals surface area contributed by atoms with Crippen LogP contribution in [0.2, 0.25) is 0 Å². The fourth-order valence-electron chi connectivity index (χ4n) is 2.94. The van der Waals surface area contributed by atoms with Crippen LogP contribution in [0.4, 0.5) is 10.1 Å². The summed E-state index contributed by atoms with van der Waals surface area (Å²) in [5, 5.41) is 14.8. The standard InChI is InChI=1S/C24H21BrFN3O5/c1-2-33-22-12-18(14-27-28-23(30)13-16-3-7-19(26)8-4-16)11-21(25)24(22)34-15-17-5-9-20(10-6-17)29(31)32/h3-12,14H,2,13,15H2,1H3,(H,28,30)/b27-14+. The first-order valence-corrected chi connectivity index (χ1v) is 11.0. The summed E-state index contributed by atoms with van der Waals surface area (Å²) in [6, 6.07) is 15.2. The molecule has 1 N–H and O–H groups in total. The third kappa shape index (κ3) is 7.11. The number of rotatable bonds is 10. The Morgan fingerprint density at radius 1 is 1.12 bits per heavy atom. The van der Waals surface area contributed by atoms with E-state index in [1.165, 1.54) is 30.5 Å². The van der Waals surface area contributed by atoms with E-state index in [9.17, 15) is 19.3 Å². The first-order valence-electron chi connectivity index (χ1n) is 10.2. The Labute approximate surface area is 203 Å². The quantitative estimate of drug-likeness (QED) is 0.222. The molecule has 0 saturated carbocycles. The summed E-state index contributed by atoms with van der Waals surface area (Å²) in [5.74, 6) is 0.239. The Hall–Kier alpha value is -3.79. The van der Waals surface area contributed by atoms with Crippen LogP contribution in [-0.4, -0.2) is 23.7 Å². The highest BCUT2D eigenvalue weighted by Crippen LogP contribution is 2.37. The van der Waals surface area contributed by atoms with Crippen molar-refractivity contribution in [3.05, 3.63) is 97.8 Å². The number of hydrazone groups is 1. The van der Waals surface area contributed by atoms with E-state index < -0.39 is 4.92 Å². The summed E-state index contributed by atoms with van der Waals surface area (Å²) >= 11 is 3.47. The molecule has 0 aliphatic rings. The zero-order chi connectivity index (χ0) is 24.5. The molecule has 0 aromatic heterocycles. The number of non-ortho nitro benzene ring substituents is 1. The average Bonchev–Trinajstić information content (AvgIpc) is 2.80. The van der Waals surface area contributed by atoms with Crippen LogP contribution in [0.3, 0.4) is 0 Å². The number of nitro benzene ring substituents is 1. The van der Waals surface area contributed by atoms with Crippen LogP contribution in [0.25, 0.3) is 0 Å². The molecule has 0 spiro atoms. The highest BCUT2D eigenvalue weighted by molar-refractivity contribution is 9.10. The van der Waals surface area contributed by atoms with Gasteiger partial charge in [0.05, 0.1) is 28.6 Å². The molecule has 176 valence electrons.